The van der Waals surface area contributed by atoms with E-state index < -0.39 is 12.1 Å². The predicted molar refractivity (Wildman–Crippen MR) is 128 cm³/mol. The van der Waals surface area contributed by atoms with Gasteiger partial charge < -0.3 is 24.8 Å². The molecule has 0 saturated carbocycles. The van der Waals surface area contributed by atoms with Crippen LogP contribution < -0.4 is 30.2 Å². The molecule has 0 saturated heterocycles. The summed E-state index contributed by atoms with van der Waals surface area (Å²) in [4.78, 5) is 25.6. The third-order valence-electron chi connectivity index (χ3n) is 5.38. The van der Waals surface area contributed by atoms with Crippen LogP contribution in [0.3, 0.4) is 0 Å². The van der Waals surface area contributed by atoms with E-state index in [2.05, 4.69) is 26.1 Å². The number of amides is 3. The van der Waals surface area contributed by atoms with Gasteiger partial charge in [0.05, 0.1) is 7.11 Å². The van der Waals surface area contributed by atoms with Crippen LogP contribution in [0, 0.1) is 5.92 Å². The van der Waals surface area contributed by atoms with Crippen molar-refractivity contribution in [3.8, 4) is 27.8 Å². The lowest BCUT2D eigenvalue weighted by Gasteiger charge is -2.23. The Hall–Kier alpha value is -3.86. The number of ether oxygens (including phenoxy) is 3. The summed E-state index contributed by atoms with van der Waals surface area (Å²) in [6.45, 7) is 4.04. The number of carbonyl (C=O) groups excluding carboxylic acids is 2. The average molecular weight is 484 g/mol. The van der Waals surface area contributed by atoms with Crippen LogP contribution in [0.2, 0.25) is 0 Å². The first kappa shape index (κ1) is 23.3. The van der Waals surface area contributed by atoms with Crippen molar-refractivity contribution in [2.45, 2.75) is 26.3 Å². The maximum atomic E-state index is 13.0. The van der Waals surface area contributed by atoms with Crippen molar-refractivity contribution in [2.24, 2.45) is 5.92 Å². The van der Waals surface area contributed by atoms with Gasteiger partial charge in [-0.15, -0.1) is 10.2 Å². The molecule has 0 spiro atoms. The summed E-state index contributed by atoms with van der Waals surface area (Å²) < 4.78 is 15.9. The van der Waals surface area contributed by atoms with Gasteiger partial charge in [0, 0.05) is 17.3 Å². The smallest absolute Gasteiger partial charge is 0.319 e. The molecular formula is C23H25N5O5S. The standard InChI is InChI=1S/C23H25N5O5S/c1-4-13(2)19(25-22(30)24-15-6-5-7-16(11-15)31-3)20(29)26-23-28-27-21(34-23)14-8-9-17-18(10-14)33-12-32-17/h5-11,13,19H,4,12H2,1-3H3,(H2,24,25,30)(H,26,28,29)/t13-,19+/m1/s1. The fraction of sp³-hybridized carbons (Fsp3) is 0.304. The Balaban J connectivity index is 1.42. The molecule has 0 aliphatic carbocycles. The van der Waals surface area contributed by atoms with Crippen LogP contribution in [0.1, 0.15) is 20.3 Å². The monoisotopic (exact) mass is 483 g/mol. The van der Waals surface area contributed by atoms with Crippen LogP contribution in [0.4, 0.5) is 15.6 Å². The lowest BCUT2D eigenvalue weighted by Crippen LogP contribution is -2.49. The first-order valence-electron chi connectivity index (χ1n) is 10.7. The van der Waals surface area contributed by atoms with Crippen LogP contribution in [-0.2, 0) is 4.79 Å². The zero-order valence-electron chi connectivity index (χ0n) is 19.0. The quantitative estimate of drug-likeness (QED) is 0.440. The van der Waals surface area contributed by atoms with Crippen molar-refractivity contribution in [3.63, 3.8) is 0 Å². The number of methoxy groups -OCH3 is 1. The second kappa shape index (κ2) is 10.4. The first-order chi connectivity index (χ1) is 16.5. The van der Waals surface area contributed by atoms with Gasteiger partial charge >= 0.3 is 6.03 Å². The molecule has 2 atom stereocenters. The number of nitrogens with zero attached hydrogens (tertiary/aromatic N) is 2. The molecule has 0 unspecified atom stereocenters. The highest BCUT2D eigenvalue weighted by atomic mass is 32.1. The highest BCUT2D eigenvalue weighted by molar-refractivity contribution is 7.18. The lowest BCUT2D eigenvalue weighted by atomic mass is 9.98. The number of aromatic nitrogens is 2. The fourth-order valence-electron chi connectivity index (χ4n) is 3.31. The van der Waals surface area contributed by atoms with Crippen LogP contribution in [-0.4, -0.2) is 42.1 Å². The molecule has 3 N–H and O–H groups in total. The van der Waals surface area contributed by atoms with Crippen molar-refractivity contribution in [2.75, 3.05) is 24.5 Å². The molecule has 0 radical (unpaired) electrons. The predicted octanol–water partition coefficient (Wildman–Crippen LogP) is 4.12. The van der Waals surface area contributed by atoms with Crippen LogP contribution in [0.5, 0.6) is 17.2 Å². The minimum Gasteiger partial charge on any atom is -0.497 e. The average Bonchev–Trinajstić information content (AvgIpc) is 3.51. The number of fused-ring (bicyclic) bond motifs is 1. The van der Waals surface area contributed by atoms with E-state index in [9.17, 15) is 9.59 Å². The highest BCUT2D eigenvalue weighted by Gasteiger charge is 2.27. The Morgan fingerprint density at radius 1 is 1.12 bits per heavy atom. The van der Waals surface area contributed by atoms with Crippen molar-refractivity contribution in [1.29, 1.82) is 0 Å². The molecule has 0 fully saturated rings. The molecule has 1 aliphatic rings. The molecule has 3 amide bonds. The lowest BCUT2D eigenvalue weighted by molar-refractivity contribution is -0.119. The van der Waals surface area contributed by atoms with Gasteiger partial charge in [0.2, 0.25) is 17.8 Å². The Bertz CT molecular complexity index is 1180. The van der Waals surface area contributed by atoms with E-state index in [4.69, 9.17) is 14.2 Å². The number of urea groups is 1. The van der Waals surface area contributed by atoms with E-state index in [0.717, 1.165) is 5.56 Å². The minimum atomic E-state index is -0.770. The molecule has 1 aliphatic heterocycles. The van der Waals surface area contributed by atoms with Crippen LogP contribution in [0.25, 0.3) is 10.6 Å². The summed E-state index contributed by atoms with van der Waals surface area (Å²) in [6.07, 6.45) is 0.691. The third kappa shape index (κ3) is 5.37. The number of carbonyl (C=O) groups is 2. The summed E-state index contributed by atoms with van der Waals surface area (Å²) in [6, 6.07) is 11.2. The van der Waals surface area contributed by atoms with Gasteiger partial charge in [0.1, 0.15) is 16.8 Å². The molecule has 11 heteroatoms. The molecule has 1 aromatic heterocycles. The van der Waals surface area contributed by atoms with Crippen LogP contribution >= 0.6 is 11.3 Å². The zero-order chi connectivity index (χ0) is 24.1. The maximum absolute atomic E-state index is 13.0. The number of rotatable bonds is 8. The van der Waals surface area contributed by atoms with Crippen molar-refractivity contribution >= 4 is 34.1 Å². The zero-order valence-corrected chi connectivity index (χ0v) is 19.8. The first-order valence-corrected chi connectivity index (χ1v) is 11.5. The van der Waals surface area contributed by atoms with Gasteiger partial charge in [-0.3, -0.25) is 10.1 Å². The Kier molecular flexibility index (Phi) is 7.12. The van der Waals surface area contributed by atoms with E-state index >= 15 is 0 Å². The summed E-state index contributed by atoms with van der Waals surface area (Å²) in [5.74, 6) is 1.45. The Morgan fingerprint density at radius 2 is 1.94 bits per heavy atom. The molecule has 2 aromatic carbocycles. The van der Waals surface area contributed by atoms with Crippen molar-refractivity contribution in [3.05, 3.63) is 42.5 Å². The molecule has 10 nitrogen and oxygen atoms in total. The molecule has 34 heavy (non-hydrogen) atoms. The van der Waals surface area contributed by atoms with E-state index in [1.54, 1.807) is 37.4 Å². The maximum Gasteiger partial charge on any atom is 0.319 e. The van der Waals surface area contributed by atoms with Crippen molar-refractivity contribution < 1.29 is 23.8 Å². The van der Waals surface area contributed by atoms with E-state index in [1.165, 1.54) is 11.3 Å². The molecule has 0 bridgehead atoms. The van der Waals surface area contributed by atoms with Gasteiger partial charge in [-0.25, -0.2) is 4.79 Å². The molecule has 2 heterocycles. The van der Waals surface area contributed by atoms with Gasteiger partial charge in [-0.2, -0.15) is 0 Å². The number of anilines is 2. The van der Waals surface area contributed by atoms with E-state index in [0.29, 0.717) is 39.5 Å². The second-order valence-electron chi connectivity index (χ2n) is 7.66. The second-order valence-corrected chi connectivity index (χ2v) is 8.64. The number of hydrogen-bond donors (Lipinski definition) is 3. The number of nitrogens with one attached hydrogen (secondary N) is 3. The van der Waals surface area contributed by atoms with Crippen molar-refractivity contribution in [1.82, 2.24) is 15.5 Å². The third-order valence-corrected chi connectivity index (χ3v) is 6.27. The number of hydrogen-bond acceptors (Lipinski definition) is 8. The van der Waals surface area contributed by atoms with Gasteiger partial charge in [-0.05, 0) is 36.2 Å². The Morgan fingerprint density at radius 3 is 2.74 bits per heavy atom. The van der Waals surface area contributed by atoms with E-state index in [1.807, 2.05) is 26.0 Å². The van der Waals surface area contributed by atoms with Gasteiger partial charge in [0.15, 0.2) is 11.5 Å². The summed E-state index contributed by atoms with van der Waals surface area (Å²) in [7, 11) is 1.55. The Labute approximate surface area is 200 Å². The fourth-order valence-corrected chi connectivity index (χ4v) is 4.06. The SMILES string of the molecule is CC[C@@H](C)[C@H](NC(=O)Nc1cccc(OC)c1)C(=O)Nc1nnc(-c2ccc3c(c2)OCO3)s1. The van der Waals surface area contributed by atoms with Gasteiger partial charge in [0.25, 0.3) is 0 Å². The molecule has 4 rings (SSSR count). The summed E-state index contributed by atoms with van der Waals surface area (Å²) in [5, 5.41) is 17.5. The normalized spacial score (nSPS) is 13.6. The largest absolute Gasteiger partial charge is 0.497 e. The molecule has 3 aromatic rings. The van der Waals surface area contributed by atoms with Crippen LogP contribution in [0.15, 0.2) is 42.5 Å². The minimum absolute atomic E-state index is 0.114. The highest BCUT2D eigenvalue weighted by Crippen LogP contribution is 2.37. The summed E-state index contributed by atoms with van der Waals surface area (Å²) >= 11 is 1.23. The molecule has 178 valence electrons. The van der Waals surface area contributed by atoms with Gasteiger partial charge in [-0.1, -0.05) is 37.7 Å². The van der Waals surface area contributed by atoms with E-state index in [-0.39, 0.29) is 18.6 Å². The summed E-state index contributed by atoms with van der Waals surface area (Å²) in [5.41, 5.74) is 1.36. The number of benzene rings is 2. The topological polar surface area (TPSA) is 124 Å². The molecular weight excluding hydrogens is 458 g/mol.